The molecule has 3 saturated heterocycles. The van der Waals surface area contributed by atoms with Crippen LogP contribution < -0.4 is 11.1 Å². The number of hydrogen-bond donors (Lipinski definition) is 2. The van der Waals surface area contributed by atoms with Crippen molar-refractivity contribution in [2.45, 2.75) is 56.7 Å². The average Bonchev–Trinajstić information content (AvgIpc) is 2.91. The van der Waals surface area contributed by atoms with Gasteiger partial charge >= 0.3 is 0 Å². The van der Waals surface area contributed by atoms with Crippen molar-refractivity contribution in [3.05, 3.63) is 71.8 Å². The highest BCUT2D eigenvalue weighted by molar-refractivity contribution is 5.88. The molecule has 1 aliphatic carbocycles. The monoisotopic (exact) mass is 417 g/mol. The van der Waals surface area contributed by atoms with Crippen molar-refractivity contribution in [1.29, 1.82) is 0 Å². The normalized spacial score (nSPS) is 31.3. The number of amides is 1. The van der Waals surface area contributed by atoms with Gasteiger partial charge in [0.2, 0.25) is 5.91 Å². The zero-order valence-electron chi connectivity index (χ0n) is 18.8. The molecule has 4 heteroatoms. The lowest BCUT2D eigenvalue weighted by Gasteiger charge is -2.52. The summed E-state index contributed by atoms with van der Waals surface area (Å²) in [5.74, 6) is 1.21. The molecular weight excluding hydrogens is 382 g/mol. The van der Waals surface area contributed by atoms with Crippen LogP contribution in [0.2, 0.25) is 0 Å². The molecule has 2 aromatic carbocycles. The highest BCUT2D eigenvalue weighted by Crippen LogP contribution is 2.59. The fourth-order valence-electron chi connectivity index (χ4n) is 7.13. The van der Waals surface area contributed by atoms with Crippen molar-refractivity contribution < 1.29 is 4.79 Å². The van der Waals surface area contributed by atoms with Crippen LogP contribution in [0.4, 0.5) is 0 Å². The van der Waals surface area contributed by atoms with E-state index in [9.17, 15) is 4.79 Å². The molecule has 3 aliphatic heterocycles. The van der Waals surface area contributed by atoms with Crippen LogP contribution in [0.3, 0.4) is 0 Å². The maximum atomic E-state index is 13.1. The molecular formula is C27H35N3O. The zero-order valence-corrected chi connectivity index (χ0v) is 18.8. The molecule has 164 valence electrons. The van der Waals surface area contributed by atoms with Gasteiger partial charge in [-0.05, 0) is 55.2 Å². The summed E-state index contributed by atoms with van der Waals surface area (Å²) in [5, 5.41) is 3.71. The summed E-state index contributed by atoms with van der Waals surface area (Å²) in [6, 6.07) is 21.8. The summed E-state index contributed by atoms with van der Waals surface area (Å²) >= 11 is 0. The quantitative estimate of drug-likeness (QED) is 0.726. The van der Waals surface area contributed by atoms with Gasteiger partial charge in [-0.15, -0.1) is 0 Å². The van der Waals surface area contributed by atoms with Crippen LogP contribution in [0, 0.1) is 17.8 Å². The van der Waals surface area contributed by atoms with Gasteiger partial charge in [0, 0.05) is 24.0 Å². The Morgan fingerprint density at radius 1 is 1.03 bits per heavy atom. The molecule has 4 fully saturated rings. The molecule has 4 aliphatic rings. The highest BCUT2D eigenvalue weighted by Gasteiger charge is 2.72. The van der Waals surface area contributed by atoms with Crippen molar-refractivity contribution in [2.24, 2.45) is 23.5 Å². The van der Waals surface area contributed by atoms with E-state index in [1.807, 2.05) is 0 Å². The molecule has 0 aromatic heterocycles. The van der Waals surface area contributed by atoms with E-state index in [2.05, 4.69) is 84.7 Å². The Hall–Kier alpha value is -2.17. The Bertz CT molecular complexity index is 887. The third-order valence-corrected chi connectivity index (χ3v) is 8.16. The van der Waals surface area contributed by atoms with Gasteiger partial charge < -0.3 is 11.1 Å². The standard InChI is InChI=1S/C27H35N3O/c1-19(2)18-30-24-14-22-13-23(27(24,25(28)31)29-17-22)26(30,15-20-9-5-3-6-10-20)16-21-11-7-4-8-12-21/h3-12,19,22-24,29H,13-18H2,1-2H3,(H2,28,31). The lowest BCUT2D eigenvalue weighted by molar-refractivity contribution is -0.131. The number of hydrogen-bond acceptors (Lipinski definition) is 3. The van der Waals surface area contributed by atoms with Gasteiger partial charge in [0.1, 0.15) is 5.54 Å². The maximum absolute atomic E-state index is 13.1. The number of primary amides is 1. The van der Waals surface area contributed by atoms with Gasteiger partial charge in [0.15, 0.2) is 0 Å². The molecule has 31 heavy (non-hydrogen) atoms. The summed E-state index contributed by atoms with van der Waals surface area (Å²) in [6.45, 7) is 6.49. The van der Waals surface area contributed by atoms with Gasteiger partial charge in [-0.3, -0.25) is 9.69 Å². The molecule has 0 spiro atoms. The predicted octanol–water partition coefficient (Wildman–Crippen LogP) is 3.40. The Morgan fingerprint density at radius 2 is 1.61 bits per heavy atom. The second-order valence-electron chi connectivity index (χ2n) is 10.5. The molecule has 4 bridgehead atoms. The van der Waals surface area contributed by atoms with Crippen LogP contribution in [0.25, 0.3) is 0 Å². The van der Waals surface area contributed by atoms with E-state index in [1.54, 1.807) is 0 Å². The summed E-state index contributed by atoms with van der Waals surface area (Å²) in [5.41, 5.74) is 8.17. The molecule has 1 amide bonds. The second-order valence-corrected chi connectivity index (χ2v) is 10.5. The molecule has 6 rings (SSSR count). The topological polar surface area (TPSA) is 58.4 Å². The molecule has 1 saturated carbocycles. The van der Waals surface area contributed by atoms with E-state index in [-0.39, 0.29) is 23.4 Å². The van der Waals surface area contributed by atoms with Crippen molar-refractivity contribution in [1.82, 2.24) is 10.2 Å². The van der Waals surface area contributed by atoms with E-state index < -0.39 is 5.54 Å². The van der Waals surface area contributed by atoms with Crippen LogP contribution in [0.15, 0.2) is 60.7 Å². The first-order valence-electron chi connectivity index (χ1n) is 11.9. The maximum Gasteiger partial charge on any atom is 0.239 e. The van der Waals surface area contributed by atoms with Crippen LogP contribution in [0.5, 0.6) is 0 Å². The predicted molar refractivity (Wildman–Crippen MR) is 124 cm³/mol. The third-order valence-electron chi connectivity index (χ3n) is 8.16. The van der Waals surface area contributed by atoms with Crippen molar-refractivity contribution in [3.63, 3.8) is 0 Å². The average molecular weight is 418 g/mol. The number of carbonyl (C=O) groups is 1. The van der Waals surface area contributed by atoms with E-state index in [4.69, 9.17) is 5.73 Å². The minimum atomic E-state index is -0.618. The summed E-state index contributed by atoms with van der Waals surface area (Å²) in [4.78, 5) is 15.9. The number of rotatable bonds is 7. The SMILES string of the molecule is CC(C)CN1C2CC3CNC2(C(N)=O)C(C3)C1(Cc1ccccc1)Cc1ccccc1. The van der Waals surface area contributed by atoms with E-state index >= 15 is 0 Å². The Morgan fingerprint density at radius 3 is 2.13 bits per heavy atom. The van der Waals surface area contributed by atoms with E-state index in [0.29, 0.717) is 11.8 Å². The highest BCUT2D eigenvalue weighted by atomic mass is 16.1. The Balaban J connectivity index is 1.68. The minimum absolute atomic E-state index is 0.130. The fourth-order valence-corrected chi connectivity index (χ4v) is 7.13. The number of likely N-dealkylation sites (tertiary alicyclic amines) is 1. The largest absolute Gasteiger partial charge is 0.368 e. The second kappa shape index (κ2) is 7.75. The molecule has 4 unspecified atom stereocenters. The van der Waals surface area contributed by atoms with Gasteiger partial charge in [-0.2, -0.15) is 0 Å². The van der Waals surface area contributed by atoms with Crippen molar-refractivity contribution in [3.8, 4) is 0 Å². The number of fused-ring (bicyclic) bond motifs is 1. The summed E-state index contributed by atoms with van der Waals surface area (Å²) in [7, 11) is 0. The van der Waals surface area contributed by atoms with Crippen LogP contribution in [0.1, 0.15) is 37.8 Å². The molecule has 4 atom stereocenters. The van der Waals surface area contributed by atoms with Crippen LogP contribution in [-0.2, 0) is 17.6 Å². The van der Waals surface area contributed by atoms with Gasteiger partial charge in [0.05, 0.1) is 0 Å². The van der Waals surface area contributed by atoms with Crippen LogP contribution in [-0.4, -0.2) is 41.0 Å². The van der Waals surface area contributed by atoms with Gasteiger partial charge in [-0.25, -0.2) is 0 Å². The Labute approximate surface area is 186 Å². The first-order valence-corrected chi connectivity index (χ1v) is 11.9. The van der Waals surface area contributed by atoms with E-state index in [1.165, 1.54) is 11.1 Å². The fraction of sp³-hybridized carbons (Fsp3) is 0.519. The zero-order chi connectivity index (χ0) is 21.6. The molecule has 2 aromatic rings. The lowest BCUT2D eigenvalue weighted by Crippen LogP contribution is -2.73. The number of nitrogens with one attached hydrogen (secondary N) is 1. The third kappa shape index (κ3) is 3.23. The number of nitrogens with zero attached hydrogens (tertiary/aromatic N) is 1. The smallest absolute Gasteiger partial charge is 0.239 e. The number of nitrogens with two attached hydrogens (primary N) is 1. The first kappa shape index (κ1) is 20.7. The van der Waals surface area contributed by atoms with Crippen LogP contribution >= 0.6 is 0 Å². The number of benzene rings is 2. The minimum Gasteiger partial charge on any atom is -0.368 e. The first-order chi connectivity index (χ1) is 15.0. The molecule has 0 radical (unpaired) electrons. The molecule has 3 N–H and O–H groups in total. The van der Waals surface area contributed by atoms with E-state index in [0.717, 1.165) is 38.8 Å². The summed E-state index contributed by atoms with van der Waals surface area (Å²) < 4.78 is 0. The van der Waals surface area contributed by atoms with Gasteiger partial charge in [0.25, 0.3) is 0 Å². The molecule has 4 nitrogen and oxygen atoms in total. The summed E-state index contributed by atoms with van der Waals surface area (Å²) in [6.07, 6.45) is 4.05. The number of carbonyl (C=O) groups excluding carboxylic acids is 1. The van der Waals surface area contributed by atoms with Gasteiger partial charge in [-0.1, -0.05) is 74.5 Å². The molecule has 3 heterocycles. The lowest BCUT2D eigenvalue weighted by atomic mass is 9.58. The number of piperidine rings is 2. The van der Waals surface area contributed by atoms with Crippen molar-refractivity contribution in [2.75, 3.05) is 13.1 Å². The van der Waals surface area contributed by atoms with Crippen molar-refractivity contribution >= 4 is 5.91 Å². The Kier molecular flexibility index (Phi) is 5.18.